The van der Waals surface area contributed by atoms with Crippen molar-refractivity contribution in [2.45, 2.75) is 32.6 Å². The maximum absolute atomic E-state index is 10.4. The molecule has 0 saturated carbocycles. The van der Waals surface area contributed by atoms with Gasteiger partial charge in [0.15, 0.2) is 5.92 Å². The molecule has 0 aliphatic rings. The predicted octanol–water partition coefficient (Wildman–Crippen LogP) is 0.436. The summed E-state index contributed by atoms with van der Waals surface area (Å²) in [6, 6.07) is 0. The van der Waals surface area contributed by atoms with Gasteiger partial charge in [-0.05, 0) is 6.42 Å². The average Bonchev–Trinajstić information content (AvgIpc) is 1.96. The molecule has 2 N–H and O–H groups in total. The Morgan fingerprint density at radius 2 is 1.62 bits per heavy atom. The number of carboxylic acids is 2. The van der Waals surface area contributed by atoms with Gasteiger partial charge < -0.3 is 10.2 Å². The summed E-state index contributed by atoms with van der Waals surface area (Å²) in [6.07, 6.45) is 2.75. The van der Waals surface area contributed by atoms with Crippen molar-refractivity contribution in [2.75, 3.05) is 0 Å². The third-order valence-electron chi connectivity index (χ3n) is 1.69. The summed E-state index contributed by atoms with van der Waals surface area (Å²) < 4.78 is 0. The van der Waals surface area contributed by atoms with E-state index in [1.54, 1.807) is 0 Å². The van der Waals surface area contributed by atoms with Crippen molar-refractivity contribution in [3.63, 3.8) is 0 Å². The molecule has 0 spiro atoms. The summed E-state index contributed by atoms with van der Waals surface area (Å²) in [6.45, 7) is 1.98. The van der Waals surface area contributed by atoms with Crippen LogP contribution in [0.3, 0.4) is 0 Å². The van der Waals surface area contributed by atoms with Crippen LogP contribution in [-0.4, -0.2) is 59.9 Å². The van der Waals surface area contributed by atoms with Gasteiger partial charge in [-0.25, -0.2) is 0 Å². The van der Waals surface area contributed by atoms with Crippen LogP contribution in [0, 0.1) is 5.92 Å². The summed E-state index contributed by atoms with van der Waals surface area (Å²) in [7, 11) is 0. The first-order chi connectivity index (χ1) is 5.59. The zero-order valence-corrected chi connectivity index (χ0v) is 7.12. The molecule has 0 bridgehead atoms. The first-order valence-electron chi connectivity index (χ1n) is 4.05. The van der Waals surface area contributed by atoms with Crippen molar-refractivity contribution < 1.29 is 19.8 Å². The van der Waals surface area contributed by atoms with Crippen LogP contribution in [-0.2, 0) is 9.59 Å². The van der Waals surface area contributed by atoms with Gasteiger partial charge in [0.1, 0.15) is 0 Å². The number of aliphatic carboxylic acids is 2. The maximum atomic E-state index is 10.4. The third kappa shape index (κ3) is 7.28. The van der Waals surface area contributed by atoms with E-state index in [-0.39, 0.29) is 44.2 Å². The van der Waals surface area contributed by atoms with Crippen LogP contribution in [0.25, 0.3) is 0 Å². The summed E-state index contributed by atoms with van der Waals surface area (Å²) in [4.78, 5) is 20.7. The van der Waals surface area contributed by atoms with Gasteiger partial charge in [-0.1, -0.05) is 26.2 Å². The standard InChI is InChI=1S/C8H14O4.Ca.2H/c1-2-3-4-5-6(7(9)10)8(11)12;;;/h6H,2-5H2,1H3,(H,9,10)(H,11,12);;;. The van der Waals surface area contributed by atoms with E-state index >= 15 is 0 Å². The molecule has 0 unspecified atom stereocenters. The molecule has 13 heavy (non-hydrogen) atoms. The Morgan fingerprint density at radius 3 is 1.92 bits per heavy atom. The van der Waals surface area contributed by atoms with Crippen LogP contribution in [0.2, 0.25) is 0 Å². The fraction of sp³-hybridized carbons (Fsp3) is 0.750. The Hall–Kier alpha value is 0.200. The van der Waals surface area contributed by atoms with E-state index in [0.29, 0.717) is 6.42 Å². The quantitative estimate of drug-likeness (QED) is 0.384. The zero-order valence-electron chi connectivity index (χ0n) is 7.12. The average molecular weight is 216 g/mol. The van der Waals surface area contributed by atoms with Gasteiger partial charge in [0.25, 0.3) is 0 Å². The molecule has 0 aliphatic carbocycles. The van der Waals surface area contributed by atoms with E-state index < -0.39 is 17.9 Å². The van der Waals surface area contributed by atoms with Crippen LogP contribution in [0.5, 0.6) is 0 Å². The second kappa shape index (κ2) is 8.78. The van der Waals surface area contributed by atoms with Crippen molar-refractivity contribution >= 4 is 49.7 Å². The van der Waals surface area contributed by atoms with Crippen molar-refractivity contribution in [1.29, 1.82) is 0 Å². The fourth-order valence-electron chi connectivity index (χ4n) is 0.951. The van der Waals surface area contributed by atoms with Crippen LogP contribution in [0.4, 0.5) is 0 Å². The monoisotopic (exact) mass is 216 g/mol. The minimum atomic E-state index is -1.24. The molecule has 0 aromatic heterocycles. The van der Waals surface area contributed by atoms with E-state index in [1.807, 2.05) is 6.92 Å². The number of carbonyl (C=O) groups is 2. The molecule has 0 saturated heterocycles. The van der Waals surface area contributed by atoms with Gasteiger partial charge in [-0.15, -0.1) is 0 Å². The first kappa shape index (κ1) is 15.7. The van der Waals surface area contributed by atoms with Gasteiger partial charge >= 0.3 is 49.7 Å². The van der Waals surface area contributed by atoms with Gasteiger partial charge in [0.05, 0.1) is 0 Å². The molecule has 0 rings (SSSR count). The molecule has 5 heteroatoms. The minimum absolute atomic E-state index is 0. The van der Waals surface area contributed by atoms with Crippen molar-refractivity contribution in [1.82, 2.24) is 0 Å². The zero-order chi connectivity index (χ0) is 9.56. The summed E-state index contributed by atoms with van der Waals surface area (Å²) >= 11 is 0. The summed E-state index contributed by atoms with van der Waals surface area (Å²) in [5.41, 5.74) is 0. The molecule has 0 atom stereocenters. The van der Waals surface area contributed by atoms with Gasteiger partial charge in [-0.2, -0.15) is 0 Å². The molecule has 0 amide bonds. The van der Waals surface area contributed by atoms with E-state index in [9.17, 15) is 9.59 Å². The van der Waals surface area contributed by atoms with E-state index in [2.05, 4.69) is 0 Å². The van der Waals surface area contributed by atoms with Crippen molar-refractivity contribution in [3.8, 4) is 0 Å². The molecule has 0 fully saturated rings. The third-order valence-corrected chi connectivity index (χ3v) is 1.69. The second-order valence-electron chi connectivity index (χ2n) is 2.72. The molecule has 74 valence electrons. The Balaban J connectivity index is 0. The topological polar surface area (TPSA) is 74.6 Å². The van der Waals surface area contributed by atoms with Gasteiger partial charge in [-0.3, -0.25) is 9.59 Å². The van der Waals surface area contributed by atoms with Crippen LogP contribution < -0.4 is 0 Å². The van der Waals surface area contributed by atoms with Gasteiger partial charge in [0, 0.05) is 0 Å². The molecular formula is C8H16CaO4. The van der Waals surface area contributed by atoms with Crippen molar-refractivity contribution in [3.05, 3.63) is 0 Å². The van der Waals surface area contributed by atoms with E-state index in [4.69, 9.17) is 10.2 Å². The Labute approximate surface area is 107 Å². The molecular weight excluding hydrogens is 200 g/mol. The number of unbranched alkanes of at least 4 members (excludes halogenated alkanes) is 2. The number of rotatable bonds is 6. The second-order valence-corrected chi connectivity index (χ2v) is 2.72. The van der Waals surface area contributed by atoms with Gasteiger partial charge in [0.2, 0.25) is 0 Å². The number of hydrogen-bond donors (Lipinski definition) is 2. The van der Waals surface area contributed by atoms with Crippen LogP contribution in [0.1, 0.15) is 32.6 Å². The molecule has 4 nitrogen and oxygen atoms in total. The SMILES string of the molecule is CCCCCC(C(=O)O)C(=O)O.[CaH2]. The number of carboxylic acid groups (broad SMARTS) is 2. The molecule has 0 radical (unpaired) electrons. The molecule has 0 heterocycles. The van der Waals surface area contributed by atoms with E-state index in [1.165, 1.54) is 0 Å². The van der Waals surface area contributed by atoms with E-state index in [0.717, 1.165) is 12.8 Å². The fourth-order valence-corrected chi connectivity index (χ4v) is 0.951. The normalized spacial score (nSPS) is 9.38. The Bertz CT molecular complexity index is 156. The van der Waals surface area contributed by atoms with Crippen LogP contribution in [0.15, 0.2) is 0 Å². The summed E-state index contributed by atoms with van der Waals surface area (Å²) in [5, 5.41) is 16.9. The Kier molecular flexibility index (Phi) is 10.6. The molecule has 0 aromatic carbocycles. The predicted molar refractivity (Wildman–Crippen MR) is 51.4 cm³/mol. The molecule has 0 aliphatic heterocycles. The number of hydrogen-bond acceptors (Lipinski definition) is 2. The first-order valence-corrected chi connectivity index (χ1v) is 4.05. The van der Waals surface area contributed by atoms with Crippen molar-refractivity contribution in [2.24, 2.45) is 5.92 Å². The summed E-state index contributed by atoms with van der Waals surface area (Å²) in [5.74, 6) is -3.70. The molecule has 0 aromatic rings. The Morgan fingerprint density at radius 1 is 1.15 bits per heavy atom. The van der Waals surface area contributed by atoms with Crippen LogP contribution >= 0.6 is 0 Å².